The maximum Gasteiger partial charge on any atom is 0.326 e. The monoisotopic (exact) mass is 886 g/mol. The summed E-state index contributed by atoms with van der Waals surface area (Å²) in [5.74, 6) is -1.98. The third-order valence-corrected chi connectivity index (χ3v) is 13.1. The van der Waals surface area contributed by atoms with E-state index in [0.717, 1.165) is 21.0 Å². The van der Waals surface area contributed by atoms with Gasteiger partial charge < -0.3 is 25.2 Å². The van der Waals surface area contributed by atoms with E-state index in [4.69, 9.17) is 37.9 Å². The van der Waals surface area contributed by atoms with Crippen LogP contribution >= 0.6 is 23.2 Å². The van der Waals surface area contributed by atoms with Crippen molar-refractivity contribution in [2.24, 2.45) is 0 Å². The van der Waals surface area contributed by atoms with E-state index in [9.17, 15) is 27.9 Å². The molecule has 3 atom stereocenters. The van der Waals surface area contributed by atoms with Gasteiger partial charge in [-0.25, -0.2) is 13.2 Å². The van der Waals surface area contributed by atoms with Crippen LogP contribution in [0.5, 0.6) is 11.5 Å². The Balaban J connectivity index is 1.01. The van der Waals surface area contributed by atoms with E-state index in [-0.39, 0.29) is 42.3 Å². The molecule has 2 aliphatic rings. The number of carboxylic acids is 1. The zero-order valence-electron chi connectivity index (χ0n) is 32.6. The normalized spacial score (nSPS) is 16.2. The first-order chi connectivity index (χ1) is 29.9. The Morgan fingerprint density at radius 1 is 0.871 bits per heavy atom. The van der Waals surface area contributed by atoms with Crippen molar-refractivity contribution in [1.82, 2.24) is 10.6 Å². The molecule has 0 saturated carbocycles. The Labute approximate surface area is 367 Å². The summed E-state index contributed by atoms with van der Waals surface area (Å²) in [6.07, 6.45) is -1.24. The Kier molecular flexibility index (Phi) is 12.0. The van der Waals surface area contributed by atoms with Gasteiger partial charge in [-0.2, -0.15) is 9.57 Å². The first-order valence-corrected chi connectivity index (χ1v) is 21.6. The van der Waals surface area contributed by atoms with E-state index in [1.165, 1.54) is 12.1 Å². The molecule has 0 saturated heterocycles. The molecule has 0 aliphatic carbocycles. The Bertz CT molecular complexity index is 2840. The zero-order chi connectivity index (χ0) is 43.5. The fourth-order valence-corrected chi connectivity index (χ4v) is 9.11. The molecule has 0 aromatic heterocycles. The molecular formula is C47H36Cl2N4O8S. The first kappa shape index (κ1) is 42.0. The number of benzene rings is 6. The molecule has 0 spiro atoms. The number of carbonyl (C=O) groups excluding carboxylic acids is 2. The third kappa shape index (κ3) is 8.86. The van der Waals surface area contributed by atoms with Gasteiger partial charge in [0.25, 0.3) is 15.9 Å². The fourth-order valence-electron chi connectivity index (χ4n) is 7.34. The summed E-state index contributed by atoms with van der Waals surface area (Å²) in [7, 11) is -4.47. The second-order valence-electron chi connectivity index (χ2n) is 14.7. The number of nitrogens with one attached hydrogen (secondary N) is 2. The molecule has 3 unspecified atom stereocenters. The van der Waals surface area contributed by atoms with Gasteiger partial charge in [0, 0.05) is 18.5 Å². The van der Waals surface area contributed by atoms with E-state index in [2.05, 4.69) is 16.7 Å². The van der Waals surface area contributed by atoms with Crippen LogP contribution in [-0.2, 0) is 50.4 Å². The van der Waals surface area contributed by atoms with Gasteiger partial charge >= 0.3 is 5.97 Å². The molecular weight excluding hydrogens is 852 g/mol. The number of hydrogen-bond acceptors (Lipinski definition) is 9. The number of rotatable bonds is 12. The molecule has 6 aromatic rings. The number of ether oxygens (including phenoxy) is 2. The summed E-state index contributed by atoms with van der Waals surface area (Å²) < 4.78 is 41.6. The SMILES string of the molecule is N#Cc1ccc(-c2ccc(CC(NC(=O)C3Cc4cc5c(cc4CN3)OC(c3ccc(OCc4ccc(Cl)c(Cl)c4)cc3)C(=O)N5S(=O)(=O)c3ccccc3)C(=O)O)cc2)cc1. The predicted octanol–water partition coefficient (Wildman–Crippen LogP) is 7.79. The van der Waals surface area contributed by atoms with Gasteiger partial charge in [0.1, 0.15) is 29.8 Å². The topological polar surface area (TPSA) is 175 Å². The largest absolute Gasteiger partial charge is 0.489 e. The molecule has 2 aliphatic heterocycles. The fraction of sp³-hybridized carbons (Fsp3) is 0.149. The second-order valence-corrected chi connectivity index (χ2v) is 17.3. The standard InChI is InChI=1S/C47H36Cl2N4O8S/c48-38-19-10-30(20-39(38)49)27-60-36-17-15-33(16-18-36)44-46(55)53(62(58,59)37-4-2-1-3-5-37)42-23-34-22-40(51-26-35(34)24-43(42)61-44)45(54)52-41(47(56)57)21-28-6-11-31(12-7-28)32-13-8-29(25-50)9-14-32/h1-20,23-24,40-41,44,51H,21-22,26-27H2,(H,52,54)(H,56,57). The van der Waals surface area contributed by atoms with Gasteiger partial charge in [0.05, 0.1) is 32.6 Å². The summed E-state index contributed by atoms with van der Waals surface area (Å²) in [5, 5.41) is 25.8. The van der Waals surface area contributed by atoms with Crippen molar-refractivity contribution < 1.29 is 37.4 Å². The van der Waals surface area contributed by atoms with Crippen LogP contribution in [0, 0.1) is 11.3 Å². The smallest absolute Gasteiger partial charge is 0.326 e. The third-order valence-electron chi connectivity index (χ3n) is 10.7. The number of amides is 2. The predicted molar refractivity (Wildman–Crippen MR) is 232 cm³/mol. The summed E-state index contributed by atoms with van der Waals surface area (Å²) in [4.78, 5) is 40.3. The van der Waals surface area contributed by atoms with Crippen LogP contribution in [0.3, 0.4) is 0 Å². The average molecular weight is 888 g/mol. The Morgan fingerprint density at radius 2 is 1.55 bits per heavy atom. The minimum atomic E-state index is -4.47. The molecule has 62 heavy (non-hydrogen) atoms. The lowest BCUT2D eigenvalue weighted by Crippen LogP contribution is -2.53. The van der Waals surface area contributed by atoms with E-state index < -0.39 is 46.0 Å². The van der Waals surface area contributed by atoms with Crippen LogP contribution in [0.4, 0.5) is 5.69 Å². The van der Waals surface area contributed by atoms with Crippen molar-refractivity contribution >= 4 is 56.7 Å². The number of nitriles is 1. The Morgan fingerprint density at radius 3 is 2.21 bits per heavy atom. The highest BCUT2D eigenvalue weighted by Crippen LogP contribution is 2.44. The van der Waals surface area contributed by atoms with Crippen LogP contribution in [0.25, 0.3) is 11.1 Å². The van der Waals surface area contributed by atoms with E-state index >= 15 is 0 Å². The number of carboxylic acid groups (broad SMARTS) is 1. The number of aliphatic carboxylic acids is 1. The number of carbonyl (C=O) groups is 3. The minimum absolute atomic E-state index is 0.00986. The quantitative estimate of drug-likeness (QED) is 0.110. The second kappa shape index (κ2) is 17.7. The van der Waals surface area contributed by atoms with Crippen molar-refractivity contribution in [1.29, 1.82) is 5.26 Å². The highest BCUT2D eigenvalue weighted by Gasteiger charge is 2.44. The first-order valence-electron chi connectivity index (χ1n) is 19.4. The summed E-state index contributed by atoms with van der Waals surface area (Å²) in [5.41, 5.74) is 5.48. The van der Waals surface area contributed by atoms with Gasteiger partial charge in [-0.05, 0) is 100 Å². The van der Waals surface area contributed by atoms with Crippen LogP contribution in [0.15, 0.2) is 138 Å². The Hall–Kier alpha value is -6.69. The minimum Gasteiger partial charge on any atom is -0.489 e. The maximum atomic E-state index is 14.4. The van der Waals surface area contributed by atoms with Gasteiger partial charge in [0.2, 0.25) is 12.0 Å². The highest BCUT2D eigenvalue weighted by molar-refractivity contribution is 7.93. The lowest BCUT2D eigenvalue weighted by atomic mass is 9.93. The highest BCUT2D eigenvalue weighted by atomic mass is 35.5. The molecule has 2 heterocycles. The van der Waals surface area contributed by atoms with Gasteiger partial charge in [-0.1, -0.05) is 96.0 Å². The molecule has 8 rings (SSSR count). The number of anilines is 1. The molecule has 3 N–H and O–H groups in total. The zero-order valence-corrected chi connectivity index (χ0v) is 35.0. The van der Waals surface area contributed by atoms with Crippen LogP contribution in [0.1, 0.15) is 39.5 Å². The van der Waals surface area contributed by atoms with Crippen molar-refractivity contribution in [3.63, 3.8) is 0 Å². The lowest BCUT2D eigenvalue weighted by molar-refractivity contribution is -0.142. The number of nitrogens with zero attached hydrogens (tertiary/aromatic N) is 2. The number of sulfonamides is 1. The van der Waals surface area contributed by atoms with Gasteiger partial charge in [-0.15, -0.1) is 0 Å². The molecule has 2 amide bonds. The summed E-state index contributed by atoms with van der Waals surface area (Å²) >= 11 is 12.2. The molecule has 12 nitrogen and oxygen atoms in total. The van der Waals surface area contributed by atoms with Crippen molar-refractivity contribution in [2.75, 3.05) is 4.31 Å². The number of fused-ring (bicyclic) bond motifs is 2. The van der Waals surface area contributed by atoms with Crippen molar-refractivity contribution in [3.8, 4) is 28.7 Å². The van der Waals surface area contributed by atoms with Crippen molar-refractivity contribution in [3.05, 3.63) is 177 Å². The van der Waals surface area contributed by atoms with Crippen molar-refractivity contribution in [2.45, 2.75) is 49.1 Å². The van der Waals surface area contributed by atoms with Gasteiger partial charge in [-0.3, -0.25) is 9.59 Å². The van der Waals surface area contributed by atoms with Gasteiger partial charge in [0.15, 0.2) is 0 Å². The molecule has 6 aromatic carbocycles. The van der Waals surface area contributed by atoms with Crippen LogP contribution in [0.2, 0.25) is 10.0 Å². The summed E-state index contributed by atoms with van der Waals surface area (Å²) in [6, 6.07) is 36.9. The van der Waals surface area contributed by atoms with E-state index in [0.29, 0.717) is 43.6 Å². The average Bonchev–Trinajstić information content (AvgIpc) is 3.28. The molecule has 312 valence electrons. The number of halogens is 2. The van der Waals surface area contributed by atoms with Crippen LogP contribution < -0.4 is 24.4 Å². The lowest BCUT2D eigenvalue weighted by Gasteiger charge is -2.36. The molecule has 0 fully saturated rings. The summed E-state index contributed by atoms with van der Waals surface area (Å²) in [6.45, 7) is 0.373. The molecule has 0 radical (unpaired) electrons. The number of hydrogen-bond donors (Lipinski definition) is 3. The van der Waals surface area contributed by atoms with E-state index in [1.54, 1.807) is 97.1 Å². The molecule has 0 bridgehead atoms. The van der Waals surface area contributed by atoms with Crippen LogP contribution in [-0.4, -0.2) is 43.4 Å². The van der Waals surface area contributed by atoms with E-state index in [1.807, 2.05) is 24.3 Å². The maximum absolute atomic E-state index is 14.4. The molecule has 15 heteroatoms.